The number of benzene rings is 1. The molecule has 1 N–H and O–H groups in total. The third-order valence-corrected chi connectivity index (χ3v) is 4.74. The second-order valence-electron chi connectivity index (χ2n) is 5.68. The molecule has 4 nitrogen and oxygen atoms in total. The van der Waals surface area contributed by atoms with Crippen molar-refractivity contribution < 1.29 is 0 Å². The van der Waals surface area contributed by atoms with Crippen LogP contribution < -0.4 is 5.32 Å². The Kier molecular flexibility index (Phi) is 3.15. The van der Waals surface area contributed by atoms with E-state index in [0.717, 1.165) is 37.9 Å². The molecule has 1 saturated carbocycles. The maximum Gasteiger partial charge on any atom is 0.147 e. The Hall–Kier alpha value is -2.27. The zero-order valence-electron chi connectivity index (χ0n) is 12.3. The Labute approximate surface area is 132 Å². The van der Waals surface area contributed by atoms with Crippen molar-refractivity contribution >= 4 is 27.9 Å². The second kappa shape index (κ2) is 5.18. The highest BCUT2D eigenvalue weighted by Crippen LogP contribution is 2.36. The molecule has 3 aromatic rings. The molecule has 2 aromatic heterocycles. The first-order chi connectivity index (χ1) is 10.7. The van der Waals surface area contributed by atoms with Crippen molar-refractivity contribution in [1.29, 1.82) is 0 Å². The molecule has 4 rings (SSSR count). The van der Waals surface area contributed by atoms with E-state index in [1.165, 1.54) is 12.8 Å². The summed E-state index contributed by atoms with van der Waals surface area (Å²) in [6, 6.07) is 8.36. The lowest BCUT2D eigenvalue weighted by Crippen LogP contribution is -2.01. The van der Waals surface area contributed by atoms with Crippen LogP contribution in [-0.4, -0.2) is 15.2 Å². The number of aromatic nitrogens is 3. The van der Waals surface area contributed by atoms with Crippen LogP contribution in [0.25, 0.3) is 21.3 Å². The van der Waals surface area contributed by atoms with Crippen LogP contribution >= 0.6 is 11.3 Å². The van der Waals surface area contributed by atoms with Crippen molar-refractivity contribution in [2.75, 3.05) is 5.32 Å². The normalized spacial score (nSPS) is 14.2. The van der Waals surface area contributed by atoms with Crippen molar-refractivity contribution in [2.24, 2.45) is 5.92 Å². The van der Waals surface area contributed by atoms with Gasteiger partial charge in [0.2, 0.25) is 0 Å². The number of anilines is 1. The Balaban J connectivity index is 1.69. The summed E-state index contributed by atoms with van der Waals surface area (Å²) in [7, 11) is 0. The van der Waals surface area contributed by atoms with E-state index in [9.17, 15) is 0 Å². The molecule has 2 heterocycles. The first-order valence-electron chi connectivity index (χ1n) is 7.35. The number of fused-ring (bicyclic) bond motifs is 1. The quantitative estimate of drug-likeness (QED) is 0.776. The molecular formula is C17H16N4S. The van der Waals surface area contributed by atoms with Crippen LogP contribution in [0.2, 0.25) is 0 Å². The predicted molar refractivity (Wildman–Crippen MR) is 90.9 cm³/mol. The van der Waals surface area contributed by atoms with Crippen molar-refractivity contribution in [2.45, 2.75) is 19.8 Å². The molecule has 1 aromatic carbocycles. The van der Waals surface area contributed by atoms with E-state index in [2.05, 4.69) is 51.3 Å². The number of hydrogen-bond donors (Lipinski definition) is 1. The number of aryl methyl sites for hydroxylation is 1. The smallest absolute Gasteiger partial charge is 0.147 e. The second-order valence-corrected chi connectivity index (χ2v) is 6.86. The first kappa shape index (κ1) is 13.4. The molecule has 1 aliphatic rings. The summed E-state index contributed by atoms with van der Waals surface area (Å²) in [5, 5.41) is 15.8. The fourth-order valence-corrected chi connectivity index (χ4v) is 3.14. The molecule has 0 radical (unpaired) electrons. The van der Waals surface area contributed by atoms with Gasteiger partial charge in [-0.05, 0) is 43.2 Å². The van der Waals surface area contributed by atoms with E-state index >= 15 is 0 Å². The highest BCUT2D eigenvalue weighted by Gasteiger charge is 2.24. The van der Waals surface area contributed by atoms with Crippen LogP contribution in [0.15, 0.2) is 42.7 Å². The van der Waals surface area contributed by atoms with Gasteiger partial charge in [-0.3, -0.25) is 0 Å². The number of pyridine rings is 1. The van der Waals surface area contributed by atoms with E-state index in [1.807, 2.05) is 13.1 Å². The van der Waals surface area contributed by atoms with Crippen LogP contribution in [0.5, 0.6) is 0 Å². The van der Waals surface area contributed by atoms with Gasteiger partial charge in [0.05, 0.1) is 0 Å². The molecule has 5 heteroatoms. The van der Waals surface area contributed by atoms with Gasteiger partial charge in [0, 0.05) is 22.8 Å². The third-order valence-electron chi connectivity index (χ3n) is 3.85. The van der Waals surface area contributed by atoms with Crippen LogP contribution in [0.4, 0.5) is 5.82 Å². The van der Waals surface area contributed by atoms with Gasteiger partial charge >= 0.3 is 0 Å². The van der Waals surface area contributed by atoms with Crippen molar-refractivity contribution in [3.05, 3.63) is 47.7 Å². The monoisotopic (exact) mass is 308 g/mol. The lowest BCUT2D eigenvalue weighted by Gasteiger charge is -2.09. The van der Waals surface area contributed by atoms with E-state index < -0.39 is 0 Å². The van der Waals surface area contributed by atoms with Crippen molar-refractivity contribution in [1.82, 2.24) is 15.2 Å². The van der Waals surface area contributed by atoms with Crippen molar-refractivity contribution in [3.8, 4) is 10.6 Å². The largest absolute Gasteiger partial charge is 0.344 e. The maximum absolute atomic E-state index is 4.47. The molecule has 1 aliphatic carbocycles. The van der Waals surface area contributed by atoms with Crippen LogP contribution in [0.3, 0.4) is 0 Å². The minimum absolute atomic E-state index is 0.619. The topological polar surface area (TPSA) is 50.7 Å². The molecule has 22 heavy (non-hydrogen) atoms. The fraction of sp³-hybridized carbons (Fsp3) is 0.235. The average Bonchev–Trinajstić information content (AvgIpc) is 3.28. The third kappa shape index (κ3) is 2.60. The zero-order valence-corrected chi connectivity index (χ0v) is 13.2. The molecular weight excluding hydrogens is 292 g/mol. The SMILES string of the molecule is C=C(Nc1cc2cc(-c3nnc(C)s3)ccc2cn1)C1CC1. The van der Waals surface area contributed by atoms with Gasteiger partial charge in [-0.15, -0.1) is 10.2 Å². The number of allylic oxidation sites excluding steroid dienone is 1. The highest BCUT2D eigenvalue weighted by atomic mass is 32.1. The van der Waals surface area contributed by atoms with Crippen LogP contribution in [0.1, 0.15) is 17.8 Å². The first-order valence-corrected chi connectivity index (χ1v) is 8.17. The van der Waals surface area contributed by atoms with Gasteiger partial charge in [0.1, 0.15) is 15.8 Å². The van der Waals surface area contributed by atoms with Crippen molar-refractivity contribution in [3.63, 3.8) is 0 Å². The standard InChI is InChI=1S/C17H16N4S/c1-10(12-3-4-12)19-16-8-15-7-13(5-6-14(15)9-18-16)17-21-20-11(2)22-17/h5-9,12H,1,3-4H2,2H3,(H,18,19). The summed E-state index contributed by atoms with van der Waals surface area (Å²) < 4.78 is 0. The van der Waals surface area contributed by atoms with E-state index in [-0.39, 0.29) is 0 Å². The summed E-state index contributed by atoms with van der Waals surface area (Å²) in [6.45, 7) is 6.06. The summed E-state index contributed by atoms with van der Waals surface area (Å²) in [4.78, 5) is 4.47. The molecule has 0 bridgehead atoms. The lowest BCUT2D eigenvalue weighted by molar-refractivity contribution is 1.01. The highest BCUT2D eigenvalue weighted by molar-refractivity contribution is 7.14. The molecule has 0 spiro atoms. The molecule has 0 unspecified atom stereocenters. The number of nitrogens with one attached hydrogen (secondary N) is 1. The lowest BCUT2D eigenvalue weighted by atomic mass is 10.1. The summed E-state index contributed by atoms with van der Waals surface area (Å²) in [6.07, 6.45) is 4.37. The van der Waals surface area contributed by atoms with Gasteiger partial charge < -0.3 is 5.32 Å². The molecule has 1 fully saturated rings. The van der Waals surface area contributed by atoms with E-state index in [1.54, 1.807) is 11.3 Å². The molecule has 0 saturated heterocycles. The number of nitrogens with zero attached hydrogens (tertiary/aromatic N) is 3. The molecule has 0 atom stereocenters. The fourth-order valence-electron chi connectivity index (χ4n) is 2.45. The van der Waals surface area contributed by atoms with Crippen LogP contribution in [-0.2, 0) is 0 Å². The minimum atomic E-state index is 0.619. The van der Waals surface area contributed by atoms with Gasteiger partial charge in [0.25, 0.3) is 0 Å². The summed E-state index contributed by atoms with van der Waals surface area (Å²) in [5.41, 5.74) is 2.17. The predicted octanol–water partition coefficient (Wildman–Crippen LogP) is 4.40. The Bertz CT molecular complexity index is 864. The Morgan fingerprint density at radius 2 is 2.09 bits per heavy atom. The zero-order chi connectivity index (χ0) is 15.1. The van der Waals surface area contributed by atoms with E-state index in [0.29, 0.717) is 5.92 Å². The molecule has 0 amide bonds. The Morgan fingerprint density at radius 3 is 2.82 bits per heavy atom. The van der Waals surface area contributed by atoms with Crippen LogP contribution in [0, 0.1) is 12.8 Å². The Morgan fingerprint density at radius 1 is 1.23 bits per heavy atom. The molecule has 110 valence electrons. The summed E-state index contributed by atoms with van der Waals surface area (Å²) in [5.74, 6) is 1.48. The van der Waals surface area contributed by atoms with Gasteiger partial charge in [-0.1, -0.05) is 30.0 Å². The number of hydrogen-bond acceptors (Lipinski definition) is 5. The average molecular weight is 308 g/mol. The van der Waals surface area contributed by atoms with Gasteiger partial charge in [-0.25, -0.2) is 4.98 Å². The number of rotatable bonds is 4. The van der Waals surface area contributed by atoms with E-state index in [4.69, 9.17) is 0 Å². The van der Waals surface area contributed by atoms with Gasteiger partial charge in [-0.2, -0.15) is 0 Å². The molecule has 0 aliphatic heterocycles. The summed E-state index contributed by atoms with van der Waals surface area (Å²) >= 11 is 1.61. The maximum atomic E-state index is 4.47. The minimum Gasteiger partial charge on any atom is -0.344 e. The van der Waals surface area contributed by atoms with Gasteiger partial charge in [0.15, 0.2) is 0 Å².